The standard InChI is InChI=1S/C15H28/c1-2-4-7-11-14(10-6-3-1)15-12-8-5-9-13-15/h14-15H,1-13H2. The molecule has 0 aromatic heterocycles. The van der Waals surface area contributed by atoms with Crippen molar-refractivity contribution >= 4 is 0 Å². The zero-order chi connectivity index (χ0) is 10.3. The molecule has 0 unspecified atom stereocenters. The van der Waals surface area contributed by atoms with Gasteiger partial charge in [-0.15, -0.1) is 0 Å². The Balaban J connectivity index is 1.80. The van der Waals surface area contributed by atoms with Crippen molar-refractivity contribution in [1.29, 1.82) is 0 Å². The van der Waals surface area contributed by atoms with E-state index in [9.17, 15) is 0 Å². The molecule has 2 rings (SSSR count). The zero-order valence-corrected chi connectivity index (χ0v) is 10.3. The van der Waals surface area contributed by atoms with E-state index in [2.05, 4.69) is 0 Å². The molecule has 88 valence electrons. The number of hydrogen-bond donors (Lipinski definition) is 0. The van der Waals surface area contributed by atoms with Crippen molar-refractivity contribution in [2.45, 2.75) is 83.5 Å². The smallest absolute Gasteiger partial charge is 0.0386 e. The van der Waals surface area contributed by atoms with Gasteiger partial charge in [0.05, 0.1) is 0 Å². The zero-order valence-electron chi connectivity index (χ0n) is 10.3. The van der Waals surface area contributed by atoms with E-state index in [4.69, 9.17) is 0 Å². The van der Waals surface area contributed by atoms with Crippen molar-refractivity contribution in [3.05, 3.63) is 0 Å². The van der Waals surface area contributed by atoms with Gasteiger partial charge in [0.25, 0.3) is 0 Å². The van der Waals surface area contributed by atoms with Crippen molar-refractivity contribution in [3.8, 4) is 0 Å². The lowest BCUT2D eigenvalue weighted by Crippen LogP contribution is -2.18. The molecule has 0 radical (unpaired) electrons. The second-order valence-electron chi connectivity index (χ2n) is 5.86. The maximum atomic E-state index is 1.56. The fourth-order valence-electron chi connectivity index (χ4n) is 3.74. The summed E-state index contributed by atoms with van der Waals surface area (Å²) in [6, 6.07) is 0. The average molecular weight is 208 g/mol. The summed E-state index contributed by atoms with van der Waals surface area (Å²) in [7, 11) is 0. The van der Waals surface area contributed by atoms with E-state index >= 15 is 0 Å². The maximum Gasteiger partial charge on any atom is -0.0386 e. The van der Waals surface area contributed by atoms with Crippen LogP contribution in [0.2, 0.25) is 0 Å². The molecule has 0 aromatic rings. The lowest BCUT2D eigenvalue weighted by molar-refractivity contribution is 0.219. The summed E-state index contributed by atoms with van der Waals surface area (Å²) in [5, 5.41) is 0. The van der Waals surface area contributed by atoms with Crippen LogP contribution in [0.5, 0.6) is 0 Å². The van der Waals surface area contributed by atoms with Crippen LogP contribution in [0.4, 0.5) is 0 Å². The Kier molecular flexibility index (Phi) is 5.02. The topological polar surface area (TPSA) is 0 Å². The number of hydrogen-bond acceptors (Lipinski definition) is 0. The third-order valence-electron chi connectivity index (χ3n) is 4.72. The molecule has 0 atom stereocenters. The highest BCUT2D eigenvalue weighted by Crippen LogP contribution is 2.36. The van der Waals surface area contributed by atoms with Crippen molar-refractivity contribution in [2.24, 2.45) is 11.8 Å². The first-order chi connectivity index (χ1) is 7.47. The van der Waals surface area contributed by atoms with E-state index in [0.29, 0.717) is 0 Å². The van der Waals surface area contributed by atoms with Crippen molar-refractivity contribution in [1.82, 2.24) is 0 Å². The molecular weight excluding hydrogens is 180 g/mol. The quantitative estimate of drug-likeness (QED) is 0.547. The predicted octanol–water partition coefficient (Wildman–Crippen LogP) is 5.32. The third-order valence-corrected chi connectivity index (χ3v) is 4.72. The van der Waals surface area contributed by atoms with E-state index in [-0.39, 0.29) is 0 Å². The third kappa shape index (κ3) is 3.81. The van der Waals surface area contributed by atoms with E-state index in [1.807, 2.05) is 0 Å². The normalized spacial score (nSPS) is 28.0. The highest BCUT2D eigenvalue weighted by atomic mass is 14.3. The second kappa shape index (κ2) is 6.55. The molecule has 2 aliphatic rings. The van der Waals surface area contributed by atoms with Crippen LogP contribution >= 0.6 is 0 Å². The Hall–Kier alpha value is 0. The van der Waals surface area contributed by atoms with Gasteiger partial charge in [0.15, 0.2) is 0 Å². The second-order valence-corrected chi connectivity index (χ2v) is 5.86. The van der Waals surface area contributed by atoms with Crippen LogP contribution in [0.15, 0.2) is 0 Å². The Labute approximate surface area is 95.8 Å². The minimum absolute atomic E-state index is 1.11. The van der Waals surface area contributed by atoms with E-state index in [1.165, 1.54) is 57.8 Å². The van der Waals surface area contributed by atoms with Crippen molar-refractivity contribution in [3.63, 3.8) is 0 Å². The molecule has 0 amide bonds. The first kappa shape index (κ1) is 11.5. The molecule has 2 saturated carbocycles. The molecule has 2 fully saturated rings. The first-order valence-corrected chi connectivity index (χ1v) is 7.47. The Bertz CT molecular complexity index is 145. The summed E-state index contributed by atoms with van der Waals surface area (Å²) in [6.07, 6.45) is 19.9. The Morgan fingerprint density at radius 1 is 0.333 bits per heavy atom. The molecule has 0 aromatic carbocycles. The van der Waals surface area contributed by atoms with Gasteiger partial charge in [0, 0.05) is 0 Å². The highest BCUT2D eigenvalue weighted by molar-refractivity contribution is 4.75. The maximum absolute atomic E-state index is 1.56. The van der Waals surface area contributed by atoms with Gasteiger partial charge in [0.2, 0.25) is 0 Å². The summed E-state index contributed by atoms with van der Waals surface area (Å²) >= 11 is 0. The molecule has 0 saturated heterocycles. The summed E-state index contributed by atoms with van der Waals surface area (Å²) in [4.78, 5) is 0. The van der Waals surface area contributed by atoms with E-state index in [0.717, 1.165) is 11.8 Å². The molecule has 0 nitrogen and oxygen atoms in total. The van der Waals surface area contributed by atoms with Gasteiger partial charge < -0.3 is 0 Å². The van der Waals surface area contributed by atoms with Crippen molar-refractivity contribution < 1.29 is 0 Å². The fourth-order valence-corrected chi connectivity index (χ4v) is 3.74. The minimum Gasteiger partial charge on any atom is -0.0533 e. The van der Waals surface area contributed by atoms with Crippen LogP contribution in [0.25, 0.3) is 0 Å². The first-order valence-electron chi connectivity index (χ1n) is 7.47. The van der Waals surface area contributed by atoms with E-state index in [1.54, 1.807) is 25.7 Å². The Morgan fingerprint density at radius 2 is 0.600 bits per heavy atom. The lowest BCUT2D eigenvalue weighted by atomic mass is 9.76. The molecule has 0 N–H and O–H groups in total. The van der Waals surface area contributed by atoms with Crippen molar-refractivity contribution in [2.75, 3.05) is 0 Å². The summed E-state index contributed by atoms with van der Waals surface area (Å²) in [5.41, 5.74) is 0. The summed E-state index contributed by atoms with van der Waals surface area (Å²) in [6.45, 7) is 0. The average Bonchev–Trinajstić information content (AvgIpc) is 2.43. The summed E-state index contributed by atoms with van der Waals surface area (Å²) < 4.78 is 0. The molecule has 0 heterocycles. The summed E-state index contributed by atoms with van der Waals surface area (Å²) in [5.74, 6) is 2.24. The van der Waals surface area contributed by atoms with Crippen LogP contribution in [0, 0.1) is 11.8 Å². The van der Waals surface area contributed by atoms with Gasteiger partial charge in [-0.3, -0.25) is 0 Å². The monoisotopic (exact) mass is 208 g/mol. The van der Waals surface area contributed by atoms with Gasteiger partial charge in [0.1, 0.15) is 0 Å². The molecule has 0 heteroatoms. The molecule has 0 bridgehead atoms. The van der Waals surface area contributed by atoms with E-state index < -0.39 is 0 Å². The van der Waals surface area contributed by atoms with Gasteiger partial charge in [-0.25, -0.2) is 0 Å². The molecule has 0 aliphatic heterocycles. The molecule has 2 aliphatic carbocycles. The SMILES string of the molecule is C1CCCCC(C2CCCCC2)CCC1. The number of rotatable bonds is 1. The largest absolute Gasteiger partial charge is 0.0533 e. The molecule has 0 spiro atoms. The molecule has 15 heavy (non-hydrogen) atoms. The lowest BCUT2D eigenvalue weighted by Gasteiger charge is -2.30. The van der Waals surface area contributed by atoms with Crippen LogP contribution in [0.1, 0.15) is 83.5 Å². The van der Waals surface area contributed by atoms with Crippen LogP contribution in [0.3, 0.4) is 0 Å². The van der Waals surface area contributed by atoms with Gasteiger partial charge in [-0.1, -0.05) is 83.5 Å². The fraction of sp³-hybridized carbons (Fsp3) is 1.00. The Morgan fingerprint density at radius 3 is 1.00 bits per heavy atom. The minimum atomic E-state index is 1.11. The van der Waals surface area contributed by atoms with Gasteiger partial charge in [-0.2, -0.15) is 0 Å². The highest BCUT2D eigenvalue weighted by Gasteiger charge is 2.23. The molecular formula is C15H28. The van der Waals surface area contributed by atoms with Crippen LogP contribution in [-0.4, -0.2) is 0 Å². The van der Waals surface area contributed by atoms with Crippen LogP contribution in [-0.2, 0) is 0 Å². The van der Waals surface area contributed by atoms with Gasteiger partial charge >= 0.3 is 0 Å². The van der Waals surface area contributed by atoms with Crippen LogP contribution < -0.4 is 0 Å². The predicted molar refractivity (Wildman–Crippen MR) is 67.0 cm³/mol. The van der Waals surface area contributed by atoms with Gasteiger partial charge in [-0.05, 0) is 11.8 Å².